The summed E-state index contributed by atoms with van der Waals surface area (Å²) in [6.07, 6.45) is 6.40. The Balaban J connectivity index is 1.72. The Kier molecular flexibility index (Phi) is 5.61. The highest BCUT2D eigenvalue weighted by Crippen LogP contribution is 2.26. The van der Waals surface area contributed by atoms with Crippen LogP contribution in [0.3, 0.4) is 0 Å². The molecule has 1 saturated heterocycles. The zero-order valence-corrected chi connectivity index (χ0v) is 16.1. The first kappa shape index (κ1) is 19.1. The summed E-state index contributed by atoms with van der Waals surface area (Å²) in [6.45, 7) is 6.88. The molecule has 1 atom stereocenters. The van der Waals surface area contributed by atoms with Crippen molar-refractivity contribution in [3.63, 3.8) is 0 Å². The molecule has 144 valence electrons. The molecular weight excluding hydrogens is 344 g/mol. The second kappa shape index (κ2) is 7.92. The third-order valence-electron chi connectivity index (χ3n) is 4.61. The summed E-state index contributed by atoms with van der Waals surface area (Å²) in [6, 6.07) is 2.29. The van der Waals surface area contributed by atoms with Gasteiger partial charge >= 0.3 is 5.97 Å². The number of hydrogen-bond acceptors (Lipinski definition) is 7. The van der Waals surface area contributed by atoms with Crippen molar-refractivity contribution in [1.29, 1.82) is 5.26 Å². The Hall–Kier alpha value is -2.66. The molecule has 0 spiro atoms. The van der Waals surface area contributed by atoms with Crippen LogP contribution in [0, 0.1) is 16.7 Å². The summed E-state index contributed by atoms with van der Waals surface area (Å²) >= 11 is 0. The van der Waals surface area contributed by atoms with Crippen LogP contribution in [0.2, 0.25) is 0 Å². The summed E-state index contributed by atoms with van der Waals surface area (Å²) in [5.74, 6) is 0.528. The van der Waals surface area contributed by atoms with Gasteiger partial charge in [-0.1, -0.05) is 0 Å². The van der Waals surface area contributed by atoms with Gasteiger partial charge in [-0.25, -0.2) is 14.8 Å². The van der Waals surface area contributed by atoms with Crippen molar-refractivity contribution in [2.24, 2.45) is 5.41 Å². The summed E-state index contributed by atoms with van der Waals surface area (Å²) in [5, 5.41) is 15.0. The monoisotopic (exact) mass is 370 g/mol. The molecule has 8 nitrogen and oxygen atoms in total. The summed E-state index contributed by atoms with van der Waals surface area (Å²) < 4.78 is 0. The number of aromatic nitrogens is 3. The van der Waals surface area contributed by atoms with Crippen molar-refractivity contribution in [2.75, 3.05) is 18.4 Å². The van der Waals surface area contributed by atoms with Gasteiger partial charge in [-0.15, -0.1) is 5.06 Å². The normalized spacial score (nSPS) is 18.2. The van der Waals surface area contributed by atoms with Crippen molar-refractivity contribution in [1.82, 2.24) is 20.0 Å². The molecule has 2 aromatic rings. The van der Waals surface area contributed by atoms with Crippen molar-refractivity contribution in [3.05, 3.63) is 18.1 Å². The Bertz CT molecular complexity index is 848. The highest BCUT2D eigenvalue weighted by Gasteiger charge is 2.29. The van der Waals surface area contributed by atoms with Crippen molar-refractivity contribution in [3.8, 4) is 6.07 Å². The van der Waals surface area contributed by atoms with Crippen molar-refractivity contribution >= 4 is 22.8 Å². The van der Waals surface area contributed by atoms with Crippen molar-refractivity contribution < 1.29 is 9.63 Å². The van der Waals surface area contributed by atoms with Gasteiger partial charge in [0.15, 0.2) is 0 Å². The van der Waals surface area contributed by atoms with E-state index in [1.54, 1.807) is 5.06 Å². The Morgan fingerprint density at radius 1 is 1.48 bits per heavy atom. The number of carbonyl (C=O) groups is 1. The molecule has 0 aromatic carbocycles. The molecule has 0 bridgehead atoms. The minimum absolute atomic E-state index is 0.114. The lowest BCUT2D eigenvalue weighted by Crippen LogP contribution is -2.44. The van der Waals surface area contributed by atoms with Crippen LogP contribution in [0.5, 0.6) is 0 Å². The summed E-state index contributed by atoms with van der Waals surface area (Å²) in [4.78, 5) is 29.5. The minimum atomic E-state index is -0.528. The minimum Gasteiger partial charge on any atom is -0.367 e. The molecule has 2 aromatic heterocycles. The van der Waals surface area contributed by atoms with E-state index in [1.807, 2.05) is 27.0 Å². The fourth-order valence-electron chi connectivity index (χ4n) is 3.11. The molecule has 0 radical (unpaired) electrons. The van der Waals surface area contributed by atoms with Crippen LogP contribution in [0.4, 0.5) is 5.82 Å². The number of nitriles is 1. The van der Waals surface area contributed by atoms with Gasteiger partial charge in [0.05, 0.1) is 23.4 Å². The van der Waals surface area contributed by atoms with Crippen LogP contribution in [0.1, 0.15) is 45.6 Å². The van der Waals surface area contributed by atoms with Gasteiger partial charge in [-0.2, -0.15) is 5.26 Å². The average molecular weight is 370 g/mol. The molecule has 3 rings (SSSR count). The summed E-state index contributed by atoms with van der Waals surface area (Å²) in [7, 11) is 0. The second-order valence-electron chi connectivity index (χ2n) is 7.92. The van der Waals surface area contributed by atoms with E-state index in [1.165, 1.54) is 6.33 Å². The molecule has 0 unspecified atom stereocenters. The zero-order chi connectivity index (χ0) is 19.4. The molecule has 1 aliphatic heterocycles. The van der Waals surface area contributed by atoms with Crippen LogP contribution >= 0.6 is 0 Å². The number of aryl methyl sites for hydroxylation is 1. The first-order valence-corrected chi connectivity index (χ1v) is 9.30. The lowest BCUT2D eigenvalue weighted by molar-refractivity contribution is -0.204. The van der Waals surface area contributed by atoms with Gasteiger partial charge in [0.1, 0.15) is 17.8 Å². The quantitative estimate of drug-likeness (QED) is 0.833. The largest absolute Gasteiger partial charge is 0.367 e. The number of piperidine rings is 1. The predicted octanol–water partition coefficient (Wildman–Crippen LogP) is 2.79. The number of nitrogens with zero attached hydrogens (tertiary/aromatic N) is 4. The maximum atomic E-state index is 12.1. The predicted molar refractivity (Wildman–Crippen MR) is 102 cm³/mol. The van der Waals surface area contributed by atoms with Gasteiger partial charge in [-0.05, 0) is 45.6 Å². The van der Waals surface area contributed by atoms with Crippen LogP contribution < -0.4 is 5.32 Å². The van der Waals surface area contributed by atoms with E-state index >= 15 is 0 Å². The van der Waals surface area contributed by atoms with E-state index in [-0.39, 0.29) is 12.0 Å². The molecule has 8 heteroatoms. The van der Waals surface area contributed by atoms with Crippen LogP contribution in [-0.4, -0.2) is 45.1 Å². The standard InChI is InChI=1S/C19H26N6O2/c1-19(2,3)18(26)27-25-9-5-7-14(11-25)24-17-15-13(6-4-8-20)10-21-16(15)22-12-23-17/h10,12,14H,4-7,9,11H2,1-3H3,(H2,21,22,23,24)/t14-/m1/s1. The van der Waals surface area contributed by atoms with E-state index in [4.69, 9.17) is 10.1 Å². The summed E-state index contributed by atoms with van der Waals surface area (Å²) in [5.41, 5.74) is 1.26. The molecule has 2 N–H and O–H groups in total. The fraction of sp³-hybridized carbons (Fsp3) is 0.579. The van der Waals surface area contributed by atoms with Crippen LogP contribution in [0.25, 0.3) is 11.0 Å². The number of H-pyrrole nitrogens is 1. The molecule has 0 saturated carbocycles. The first-order chi connectivity index (χ1) is 12.9. The maximum Gasteiger partial charge on any atom is 0.330 e. The van der Waals surface area contributed by atoms with Gasteiger partial charge in [0.25, 0.3) is 0 Å². The first-order valence-electron chi connectivity index (χ1n) is 9.30. The van der Waals surface area contributed by atoms with Gasteiger partial charge in [0.2, 0.25) is 0 Å². The van der Waals surface area contributed by atoms with E-state index in [9.17, 15) is 4.79 Å². The van der Waals surface area contributed by atoms with Gasteiger partial charge in [-0.3, -0.25) is 0 Å². The molecular formula is C19H26N6O2. The molecule has 0 aliphatic carbocycles. The van der Waals surface area contributed by atoms with E-state index in [0.29, 0.717) is 19.4 Å². The van der Waals surface area contributed by atoms with Gasteiger partial charge in [0, 0.05) is 25.2 Å². The molecule has 1 fully saturated rings. The highest BCUT2D eigenvalue weighted by molar-refractivity contribution is 5.90. The fourth-order valence-corrected chi connectivity index (χ4v) is 3.11. The highest BCUT2D eigenvalue weighted by atomic mass is 16.7. The Morgan fingerprint density at radius 3 is 3.04 bits per heavy atom. The van der Waals surface area contributed by atoms with Crippen molar-refractivity contribution in [2.45, 2.75) is 52.5 Å². The third-order valence-corrected chi connectivity index (χ3v) is 4.61. The number of hydroxylamine groups is 2. The second-order valence-corrected chi connectivity index (χ2v) is 7.92. The lowest BCUT2D eigenvalue weighted by Gasteiger charge is -2.33. The van der Waals surface area contributed by atoms with Crippen LogP contribution in [0.15, 0.2) is 12.5 Å². The van der Waals surface area contributed by atoms with Crippen LogP contribution in [-0.2, 0) is 16.1 Å². The van der Waals surface area contributed by atoms with E-state index in [0.717, 1.165) is 41.8 Å². The number of aromatic amines is 1. The SMILES string of the molecule is CC(C)(C)C(=O)ON1CCC[C@@H](Nc2ncnc3[nH]cc(CCC#N)c23)C1. The van der Waals surface area contributed by atoms with E-state index < -0.39 is 5.41 Å². The maximum absolute atomic E-state index is 12.1. The topological polar surface area (TPSA) is 107 Å². The number of anilines is 1. The third kappa shape index (κ3) is 4.55. The number of fused-ring (bicyclic) bond motifs is 1. The molecule has 3 heterocycles. The van der Waals surface area contributed by atoms with Gasteiger partial charge < -0.3 is 15.1 Å². The van der Waals surface area contributed by atoms with E-state index in [2.05, 4.69) is 26.3 Å². The molecule has 27 heavy (non-hydrogen) atoms. The Labute approximate surface area is 158 Å². The average Bonchev–Trinajstić information content (AvgIpc) is 3.03. The number of hydrogen-bond donors (Lipinski definition) is 2. The molecule has 0 amide bonds. The zero-order valence-electron chi connectivity index (χ0n) is 16.1. The smallest absolute Gasteiger partial charge is 0.330 e. The Morgan fingerprint density at radius 2 is 2.30 bits per heavy atom. The number of rotatable bonds is 5. The molecule has 1 aliphatic rings. The number of carbonyl (C=O) groups excluding carboxylic acids is 1. The number of nitrogens with one attached hydrogen (secondary N) is 2. The lowest BCUT2D eigenvalue weighted by atomic mass is 9.98.